The molecule has 0 atom stereocenters. The molecule has 0 radical (unpaired) electrons. The summed E-state index contributed by atoms with van der Waals surface area (Å²) < 4.78 is 14.3. The maximum Gasteiger partial charge on any atom is 0.513 e. The average molecular weight is 403 g/mol. The minimum atomic E-state index is -1.10. The van der Waals surface area contributed by atoms with Crippen LogP contribution in [0.25, 0.3) is 0 Å². The van der Waals surface area contributed by atoms with Crippen LogP contribution in [0.2, 0.25) is 0 Å². The van der Waals surface area contributed by atoms with Gasteiger partial charge in [0.2, 0.25) is 0 Å². The molecular formula is C19H17NO9. The van der Waals surface area contributed by atoms with E-state index >= 15 is 0 Å². The average Bonchev–Trinajstić information content (AvgIpc) is 2.72. The Morgan fingerprint density at radius 3 is 1.62 bits per heavy atom. The fourth-order valence-corrected chi connectivity index (χ4v) is 1.93. The number of benzene rings is 2. The first-order chi connectivity index (χ1) is 13.8. The number of amides is 1. The number of methoxy groups -OCH3 is 1. The maximum atomic E-state index is 12.3. The third kappa shape index (κ3) is 5.70. The Kier molecular flexibility index (Phi) is 7.13. The minimum absolute atomic E-state index is 0.0818. The number of hydrogen-bond donors (Lipinski definition) is 0. The Morgan fingerprint density at radius 1 is 0.724 bits per heavy atom. The Morgan fingerprint density at radius 2 is 1.17 bits per heavy atom. The van der Waals surface area contributed by atoms with Crippen LogP contribution < -0.4 is 9.47 Å². The molecule has 0 fully saturated rings. The van der Waals surface area contributed by atoms with Crippen LogP contribution >= 0.6 is 0 Å². The Labute approximate surface area is 165 Å². The van der Waals surface area contributed by atoms with Crippen LogP contribution in [-0.2, 0) is 14.5 Å². The quantitative estimate of drug-likeness (QED) is 0.329. The van der Waals surface area contributed by atoms with Crippen molar-refractivity contribution in [2.45, 2.75) is 0 Å². The molecule has 10 nitrogen and oxygen atoms in total. The van der Waals surface area contributed by atoms with Crippen LogP contribution in [0, 0.1) is 0 Å². The highest BCUT2D eigenvalue weighted by molar-refractivity contribution is 5.96. The van der Waals surface area contributed by atoms with Crippen LogP contribution in [-0.4, -0.2) is 50.3 Å². The van der Waals surface area contributed by atoms with E-state index in [2.05, 4.69) is 14.5 Å². The van der Waals surface area contributed by atoms with Crippen molar-refractivity contribution in [1.82, 2.24) is 4.90 Å². The number of hydrogen-bond acceptors (Lipinski definition) is 9. The topological polar surface area (TPSA) is 118 Å². The van der Waals surface area contributed by atoms with Crippen LogP contribution in [0.4, 0.5) is 9.59 Å². The lowest BCUT2D eigenvalue weighted by Crippen LogP contribution is -2.26. The predicted octanol–water partition coefficient (Wildman–Crippen LogP) is 2.82. The first-order valence-electron chi connectivity index (χ1n) is 8.09. The maximum absolute atomic E-state index is 12.3. The molecule has 0 saturated heterocycles. The SMILES string of the molecule is COC(=O)Oc1ccccc1C(=O)OOC(=O)c1ccccc1OC(=O)N(C)C. The summed E-state index contributed by atoms with van der Waals surface area (Å²) in [7, 11) is 4.05. The van der Waals surface area contributed by atoms with Crippen molar-refractivity contribution < 1.29 is 43.2 Å². The zero-order valence-corrected chi connectivity index (χ0v) is 15.7. The molecule has 0 N–H and O–H groups in total. The highest BCUT2D eigenvalue weighted by atomic mass is 17.2. The van der Waals surface area contributed by atoms with Gasteiger partial charge in [0.05, 0.1) is 7.11 Å². The lowest BCUT2D eigenvalue weighted by atomic mass is 10.2. The molecule has 2 aromatic carbocycles. The molecule has 0 aliphatic rings. The number of carbonyl (C=O) groups is 4. The largest absolute Gasteiger partial charge is 0.513 e. The van der Waals surface area contributed by atoms with Gasteiger partial charge in [-0.05, 0) is 24.3 Å². The molecule has 1 amide bonds. The standard InChI is InChI=1S/C19H17NO9/c1-20(2)18(23)26-14-10-6-4-8-12(14)16(21)28-29-17(22)13-9-5-7-11-15(13)27-19(24)25-3/h4-11H,1-3H3. The molecule has 0 spiro atoms. The van der Waals surface area contributed by atoms with Crippen molar-refractivity contribution in [3.8, 4) is 11.5 Å². The lowest BCUT2D eigenvalue weighted by molar-refractivity contribution is -0.187. The van der Waals surface area contributed by atoms with E-state index in [1.54, 1.807) is 6.07 Å². The second-order valence-electron chi connectivity index (χ2n) is 5.55. The van der Waals surface area contributed by atoms with E-state index in [1.807, 2.05) is 0 Å². The van der Waals surface area contributed by atoms with E-state index in [4.69, 9.17) is 9.47 Å². The molecule has 29 heavy (non-hydrogen) atoms. The highest BCUT2D eigenvalue weighted by Crippen LogP contribution is 2.22. The Hall–Kier alpha value is -4.08. The van der Waals surface area contributed by atoms with Crippen LogP contribution in [0.1, 0.15) is 20.7 Å². The normalized spacial score (nSPS) is 9.76. The third-order valence-electron chi connectivity index (χ3n) is 3.33. The van der Waals surface area contributed by atoms with Gasteiger partial charge < -0.3 is 19.1 Å². The molecule has 0 aliphatic heterocycles. The number of ether oxygens (including phenoxy) is 3. The molecule has 0 saturated carbocycles. The number of nitrogens with zero attached hydrogens (tertiary/aromatic N) is 1. The molecule has 152 valence electrons. The summed E-state index contributed by atoms with van der Waals surface area (Å²) in [6.07, 6.45) is -1.75. The molecule has 0 aliphatic carbocycles. The van der Waals surface area contributed by atoms with E-state index in [9.17, 15) is 19.2 Å². The van der Waals surface area contributed by atoms with Crippen molar-refractivity contribution in [2.24, 2.45) is 0 Å². The van der Waals surface area contributed by atoms with Gasteiger partial charge in [-0.1, -0.05) is 24.3 Å². The minimum Gasteiger partial charge on any atom is -0.437 e. The summed E-state index contributed by atoms with van der Waals surface area (Å²) in [6, 6.07) is 11.4. The zero-order chi connectivity index (χ0) is 21.4. The fourth-order valence-electron chi connectivity index (χ4n) is 1.93. The first-order valence-corrected chi connectivity index (χ1v) is 8.09. The van der Waals surface area contributed by atoms with Gasteiger partial charge in [0.25, 0.3) is 0 Å². The molecule has 10 heteroatoms. The van der Waals surface area contributed by atoms with Crippen molar-refractivity contribution in [2.75, 3.05) is 21.2 Å². The van der Waals surface area contributed by atoms with Crippen molar-refractivity contribution >= 4 is 24.2 Å². The van der Waals surface area contributed by atoms with Gasteiger partial charge in [-0.15, -0.1) is 0 Å². The predicted molar refractivity (Wildman–Crippen MR) is 96.5 cm³/mol. The zero-order valence-electron chi connectivity index (χ0n) is 15.7. The molecule has 2 rings (SSSR count). The van der Waals surface area contributed by atoms with Gasteiger partial charge in [0, 0.05) is 14.1 Å². The number of carbonyl (C=O) groups excluding carboxylic acids is 4. The molecule has 0 bridgehead atoms. The second kappa shape index (κ2) is 9.74. The van der Waals surface area contributed by atoms with Crippen LogP contribution in [0.3, 0.4) is 0 Å². The van der Waals surface area contributed by atoms with Crippen LogP contribution in [0.5, 0.6) is 11.5 Å². The Balaban J connectivity index is 2.10. The van der Waals surface area contributed by atoms with Crippen molar-refractivity contribution in [3.63, 3.8) is 0 Å². The van der Waals surface area contributed by atoms with E-state index < -0.39 is 24.2 Å². The number of para-hydroxylation sites is 2. The molecular weight excluding hydrogens is 386 g/mol. The van der Waals surface area contributed by atoms with E-state index in [1.165, 1.54) is 61.5 Å². The second-order valence-corrected chi connectivity index (χ2v) is 5.55. The lowest BCUT2D eigenvalue weighted by Gasteiger charge is -2.13. The van der Waals surface area contributed by atoms with E-state index in [0.29, 0.717) is 0 Å². The van der Waals surface area contributed by atoms with Crippen molar-refractivity contribution in [1.29, 1.82) is 0 Å². The van der Waals surface area contributed by atoms with Gasteiger partial charge in [0.15, 0.2) is 0 Å². The van der Waals surface area contributed by atoms with Crippen molar-refractivity contribution in [3.05, 3.63) is 59.7 Å². The summed E-state index contributed by atoms with van der Waals surface area (Å²) in [4.78, 5) is 57.7. The first kappa shape index (κ1) is 21.2. The van der Waals surface area contributed by atoms with Gasteiger partial charge in [-0.2, -0.15) is 0 Å². The molecule has 0 aromatic heterocycles. The van der Waals surface area contributed by atoms with Gasteiger partial charge in [-0.3, -0.25) is 0 Å². The summed E-state index contributed by atoms with van der Waals surface area (Å²) in [6.45, 7) is 0. The Bertz CT molecular complexity index is 923. The summed E-state index contributed by atoms with van der Waals surface area (Å²) >= 11 is 0. The summed E-state index contributed by atoms with van der Waals surface area (Å²) in [5, 5.41) is 0. The summed E-state index contributed by atoms with van der Waals surface area (Å²) in [5.41, 5.74) is -0.326. The van der Waals surface area contributed by atoms with Gasteiger partial charge >= 0.3 is 24.2 Å². The smallest absolute Gasteiger partial charge is 0.437 e. The number of rotatable bonds is 4. The monoisotopic (exact) mass is 403 g/mol. The molecule has 2 aromatic rings. The summed E-state index contributed by atoms with van der Waals surface area (Å²) in [5.74, 6) is -2.41. The fraction of sp³-hybridized carbons (Fsp3) is 0.158. The highest BCUT2D eigenvalue weighted by Gasteiger charge is 2.22. The third-order valence-corrected chi connectivity index (χ3v) is 3.33. The van der Waals surface area contributed by atoms with E-state index in [0.717, 1.165) is 7.11 Å². The van der Waals surface area contributed by atoms with E-state index in [-0.39, 0.29) is 22.6 Å². The van der Waals surface area contributed by atoms with Crippen LogP contribution in [0.15, 0.2) is 48.5 Å². The van der Waals surface area contributed by atoms with Gasteiger partial charge in [-0.25, -0.2) is 29.0 Å². The molecule has 0 unspecified atom stereocenters. The molecule has 0 heterocycles. The van der Waals surface area contributed by atoms with Gasteiger partial charge in [0.1, 0.15) is 22.6 Å².